The first-order chi connectivity index (χ1) is 13.7. The lowest BCUT2D eigenvalue weighted by Crippen LogP contribution is -2.63. The lowest BCUT2D eigenvalue weighted by molar-refractivity contribution is -0.279. The van der Waals surface area contributed by atoms with E-state index in [1.165, 1.54) is 20.8 Å². The predicted octanol–water partition coefficient (Wildman–Crippen LogP) is 2.03. The Morgan fingerprint density at radius 1 is 0.862 bits per heavy atom. The summed E-state index contributed by atoms with van der Waals surface area (Å²) in [5, 5.41) is 0. The van der Waals surface area contributed by atoms with Crippen LogP contribution in [0.25, 0.3) is 0 Å². The van der Waals surface area contributed by atoms with Crippen molar-refractivity contribution in [2.75, 3.05) is 11.5 Å². The summed E-state index contributed by atoms with van der Waals surface area (Å²) >= 11 is 2.06. The Morgan fingerprint density at radius 2 is 1.34 bits per heavy atom. The molecule has 29 heavy (non-hydrogen) atoms. The Bertz CT molecular complexity index is 721. The summed E-state index contributed by atoms with van der Waals surface area (Å²) in [5.74, 6) is -0.777. The molecule has 1 heterocycles. The van der Waals surface area contributed by atoms with Gasteiger partial charge in [0.15, 0.2) is 12.2 Å². The molecule has 0 aromatic heterocycles. The van der Waals surface area contributed by atoms with Crippen LogP contribution in [0.2, 0.25) is 0 Å². The van der Waals surface area contributed by atoms with E-state index in [2.05, 4.69) is 22.6 Å². The number of ether oxygens (including phenoxy) is 6. The topological polar surface area (TPSA) is 107 Å². The highest BCUT2D eigenvalue weighted by Gasteiger charge is 2.52. The summed E-state index contributed by atoms with van der Waals surface area (Å²) < 4.78 is 33.4. The van der Waals surface area contributed by atoms with Crippen LogP contribution >= 0.6 is 22.6 Å². The third-order valence-electron chi connectivity index (χ3n) is 3.96. The molecule has 9 nitrogen and oxygen atoms in total. The molecule has 1 aliphatic rings. The SMILES string of the molecule is COc1ccc(OC2OC(CI)[C@@H](OC(C)=O)[C@H](OC(C)=O)[C@H]2OC(C)=O)cc1. The van der Waals surface area contributed by atoms with Gasteiger partial charge in [0, 0.05) is 25.2 Å². The number of halogens is 1. The van der Waals surface area contributed by atoms with Crippen LogP contribution in [0.3, 0.4) is 0 Å². The minimum absolute atomic E-state index is 0.405. The van der Waals surface area contributed by atoms with Crippen LogP contribution in [-0.2, 0) is 33.3 Å². The maximum Gasteiger partial charge on any atom is 0.303 e. The maximum absolute atomic E-state index is 11.7. The second-order valence-electron chi connectivity index (χ2n) is 6.21. The van der Waals surface area contributed by atoms with Crippen LogP contribution in [0.1, 0.15) is 20.8 Å². The first-order valence-electron chi connectivity index (χ1n) is 8.79. The quantitative estimate of drug-likeness (QED) is 0.230. The summed E-state index contributed by atoms with van der Waals surface area (Å²) in [5.41, 5.74) is 0. The van der Waals surface area contributed by atoms with Crippen molar-refractivity contribution in [2.45, 2.75) is 51.5 Å². The van der Waals surface area contributed by atoms with Gasteiger partial charge in [-0.15, -0.1) is 0 Å². The largest absolute Gasteiger partial charge is 0.497 e. The normalized spacial score (nSPS) is 26.2. The lowest BCUT2D eigenvalue weighted by atomic mass is 9.99. The fraction of sp³-hybridized carbons (Fsp3) is 0.526. The van der Waals surface area contributed by atoms with Crippen molar-refractivity contribution in [3.8, 4) is 11.5 Å². The van der Waals surface area contributed by atoms with Gasteiger partial charge in [0.05, 0.1) is 7.11 Å². The number of alkyl halides is 1. The van der Waals surface area contributed by atoms with Crippen LogP contribution < -0.4 is 9.47 Å². The molecule has 0 radical (unpaired) electrons. The average Bonchev–Trinajstić information content (AvgIpc) is 2.65. The summed E-state index contributed by atoms with van der Waals surface area (Å²) in [6, 6.07) is 6.70. The second kappa shape index (κ2) is 10.6. The van der Waals surface area contributed by atoms with Gasteiger partial charge in [-0.25, -0.2) is 0 Å². The van der Waals surface area contributed by atoms with Crippen LogP contribution in [0.5, 0.6) is 11.5 Å². The number of rotatable bonds is 7. The Kier molecular flexibility index (Phi) is 8.50. The smallest absolute Gasteiger partial charge is 0.303 e. The molecule has 1 aliphatic heterocycles. The molecular formula is C19H23IO9. The first-order valence-corrected chi connectivity index (χ1v) is 10.3. The zero-order chi connectivity index (χ0) is 21.6. The van der Waals surface area contributed by atoms with E-state index in [0.717, 1.165) is 0 Å². The molecule has 5 atom stereocenters. The van der Waals surface area contributed by atoms with Crippen molar-refractivity contribution < 1.29 is 42.8 Å². The second-order valence-corrected chi connectivity index (χ2v) is 7.09. The zero-order valence-corrected chi connectivity index (χ0v) is 18.6. The summed E-state index contributed by atoms with van der Waals surface area (Å²) in [7, 11) is 1.54. The van der Waals surface area contributed by atoms with Crippen molar-refractivity contribution >= 4 is 40.5 Å². The number of carbonyl (C=O) groups excluding carboxylic acids is 3. The standard InChI is InChI=1S/C19H23IO9/c1-10(21)25-16-15(9-20)29-19(28-14-7-5-13(24-4)6-8-14)18(27-12(3)23)17(16)26-11(2)22/h5-8,15-19H,9H2,1-4H3/t15?,16-,17+,18-,19?/m1/s1. The molecule has 2 rings (SSSR count). The number of methoxy groups -OCH3 is 1. The fourth-order valence-corrected chi connectivity index (χ4v) is 3.57. The third-order valence-corrected chi connectivity index (χ3v) is 4.83. The number of hydrogen-bond acceptors (Lipinski definition) is 9. The Labute approximate surface area is 182 Å². The van der Waals surface area contributed by atoms with E-state index in [1.54, 1.807) is 31.4 Å². The van der Waals surface area contributed by atoms with Gasteiger partial charge in [-0.1, -0.05) is 22.6 Å². The van der Waals surface area contributed by atoms with E-state index in [4.69, 9.17) is 28.4 Å². The van der Waals surface area contributed by atoms with Crippen LogP contribution in [0, 0.1) is 0 Å². The summed E-state index contributed by atoms with van der Waals surface area (Å²) in [6.45, 7) is 3.65. The van der Waals surface area contributed by atoms with E-state index in [9.17, 15) is 14.4 Å². The highest BCUT2D eigenvalue weighted by atomic mass is 127. The van der Waals surface area contributed by atoms with Gasteiger partial charge in [0.25, 0.3) is 0 Å². The minimum Gasteiger partial charge on any atom is -0.497 e. The average molecular weight is 522 g/mol. The molecule has 1 fully saturated rings. The van der Waals surface area contributed by atoms with Crippen molar-refractivity contribution in [1.29, 1.82) is 0 Å². The van der Waals surface area contributed by atoms with Crippen LogP contribution in [-0.4, -0.2) is 60.2 Å². The molecule has 1 saturated heterocycles. The fourth-order valence-electron chi connectivity index (χ4n) is 2.86. The first kappa shape index (κ1) is 23.2. The van der Waals surface area contributed by atoms with Crippen LogP contribution in [0.15, 0.2) is 24.3 Å². The third kappa shape index (κ3) is 6.46. The van der Waals surface area contributed by atoms with E-state index in [-0.39, 0.29) is 0 Å². The van der Waals surface area contributed by atoms with Crippen molar-refractivity contribution in [1.82, 2.24) is 0 Å². The molecular weight excluding hydrogens is 499 g/mol. The lowest BCUT2D eigenvalue weighted by Gasteiger charge is -2.43. The highest BCUT2D eigenvalue weighted by molar-refractivity contribution is 14.1. The Hall–Kier alpha value is -2.08. The maximum atomic E-state index is 11.7. The van der Waals surface area contributed by atoms with Crippen molar-refractivity contribution in [2.24, 2.45) is 0 Å². The summed E-state index contributed by atoms with van der Waals surface area (Å²) in [4.78, 5) is 35.0. The van der Waals surface area contributed by atoms with Gasteiger partial charge in [-0.05, 0) is 24.3 Å². The van der Waals surface area contributed by atoms with Gasteiger partial charge >= 0.3 is 17.9 Å². The number of benzene rings is 1. The molecule has 0 spiro atoms. The molecule has 1 aromatic rings. The molecule has 0 saturated carbocycles. The van der Waals surface area contributed by atoms with Gasteiger partial charge in [0.2, 0.25) is 12.4 Å². The van der Waals surface area contributed by atoms with Crippen LogP contribution in [0.4, 0.5) is 0 Å². The minimum atomic E-state index is -1.15. The zero-order valence-electron chi connectivity index (χ0n) is 16.5. The van der Waals surface area contributed by atoms with Gasteiger partial charge in [-0.3, -0.25) is 14.4 Å². The van der Waals surface area contributed by atoms with E-state index in [1.807, 2.05) is 0 Å². The Balaban J connectivity index is 2.37. The number of esters is 3. The molecule has 0 aliphatic carbocycles. The predicted molar refractivity (Wildman–Crippen MR) is 108 cm³/mol. The van der Waals surface area contributed by atoms with E-state index < -0.39 is 48.6 Å². The molecule has 2 unspecified atom stereocenters. The number of carbonyl (C=O) groups is 3. The molecule has 0 amide bonds. The van der Waals surface area contributed by atoms with Crippen molar-refractivity contribution in [3.63, 3.8) is 0 Å². The Morgan fingerprint density at radius 3 is 1.83 bits per heavy atom. The number of hydrogen-bond donors (Lipinski definition) is 0. The molecule has 0 N–H and O–H groups in total. The van der Waals surface area contributed by atoms with E-state index >= 15 is 0 Å². The van der Waals surface area contributed by atoms with Gasteiger partial charge < -0.3 is 28.4 Å². The van der Waals surface area contributed by atoms with E-state index in [0.29, 0.717) is 15.9 Å². The highest BCUT2D eigenvalue weighted by Crippen LogP contribution is 2.31. The molecule has 160 valence electrons. The molecule has 10 heteroatoms. The van der Waals surface area contributed by atoms with Crippen molar-refractivity contribution in [3.05, 3.63) is 24.3 Å². The molecule has 1 aromatic carbocycles. The monoisotopic (exact) mass is 522 g/mol. The van der Waals surface area contributed by atoms with Gasteiger partial charge in [-0.2, -0.15) is 0 Å². The summed E-state index contributed by atoms with van der Waals surface area (Å²) in [6.07, 6.45) is -4.96. The molecule has 0 bridgehead atoms. The van der Waals surface area contributed by atoms with Gasteiger partial charge in [0.1, 0.15) is 17.6 Å².